The molecule has 0 aliphatic heterocycles. The van der Waals surface area contributed by atoms with Gasteiger partial charge in [0.15, 0.2) is 0 Å². The molecule has 0 spiro atoms. The van der Waals surface area contributed by atoms with E-state index in [1.54, 1.807) is 0 Å². The first-order chi connectivity index (χ1) is 29.8. The van der Waals surface area contributed by atoms with E-state index < -0.39 is 0 Å². The molecule has 11 aromatic rings. The minimum Gasteiger partial charge on any atom is -0.309 e. The van der Waals surface area contributed by atoms with Gasteiger partial charge in [0, 0.05) is 42.6 Å². The number of thiophene rings is 1. The van der Waals surface area contributed by atoms with Crippen molar-refractivity contribution in [3.63, 3.8) is 0 Å². The largest absolute Gasteiger partial charge is 0.309 e. The molecule has 0 bridgehead atoms. The highest BCUT2D eigenvalue weighted by atomic mass is 32.1. The van der Waals surface area contributed by atoms with Crippen LogP contribution in [0.4, 0.5) is 17.1 Å². The van der Waals surface area contributed by atoms with Gasteiger partial charge in [-0.3, -0.25) is 0 Å². The van der Waals surface area contributed by atoms with E-state index in [0.717, 1.165) is 17.1 Å². The molecule has 0 saturated carbocycles. The maximum absolute atomic E-state index is 2.50. The monoisotopic (exact) mass is 781 g/mol. The third-order valence-electron chi connectivity index (χ3n) is 11.7. The van der Waals surface area contributed by atoms with Crippen LogP contribution in [-0.4, -0.2) is 0 Å². The van der Waals surface area contributed by atoms with Gasteiger partial charge in [-0.1, -0.05) is 200 Å². The van der Waals surface area contributed by atoms with E-state index in [2.05, 4.69) is 241 Å². The fourth-order valence-electron chi connectivity index (χ4n) is 8.87. The summed E-state index contributed by atoms with van der Waals surface area (Å²) in [6, 6.07) is 86.3. The molecule has 0 amide bonds. The lowest BCUT2D eigenvalue weighted by atomic mass is 9.87. The fraction of sp³-hybridized carbons (Fsp3) is 0. The highest BCUT2D eigenvalue weighted by molar-refractivity contribution is 7.26. The SMILES string of the molecule is c1ccc(-c2ccccc2-c2c(-c3ccccc3)cccc2N(c2ccc(-c3ccc4ccccc4c3)cc2)c2ccccc2-c2cccc3c2sc2ccccc23)cc1. The number of benzene rings is 10. The second-order valence-electron chi connectivity index (χ2n) is 15.2. The average molecular weight is 782 g/mol. The number of hydrogen-bond donors (Lipinski definition) is 0. The van der Waals surface area contributed by atoms with E-state index in [1.165, 1.54) is 86.6 Å². The maximum atomic E-state index is 2.50. The summed E-state index contributed by atoms with van der Waals surface area (Å²) in [5, 5.41) is 5.08. The Hall–Kier alpha value is -7.52. The Balaban J connectivity index is 1.19. The summed E-state index contributed by atoms with van der Waals surface area (Å²) in [5.74, 6) is 0. The zero-order chi connectivity index (χ0) is 39.8. The van der Waals surface area contributed by atoms with Crippen LogP contribution in [0, 0.1) is 0 Å². The molecule has 282 valence electrons. The predicted molar refractivity (Wildman–Crippen MR) is 259 cm³/mol. The summed E-state index contributed by atoms with van der Waals surface area (Å²) in [6.45, 7) is 0. The topological polar surface area (TPSA) is 3.24 Å². The zero-order valence-corrected chi connectivity index (χ0v) is 33.7. The molecule has 0 atom stereocenters. The molecule has 1 aromatic heterocycles. The smallest absolute Gasteiger partial charge is 0.0546 e. The summed E-state index contributed by atoms with van der Waals surface area (Å²) in [4.78, 5) is 2.50. The number of para-hydroxylation sites is 1. The van der Waals surface area contributed by atoms with Gasteiger partial charge >= 0.3 is 0 Å². The zero-order valence-electron chi connectivity index (χ0n) is 32.9. The molecule has 10 aromatic carbocycles. The standard InChI is InChI=1S/C58H39NS/c1-3-18-42(19-4-1)47-23-9-10-26-51(47)57-48(43-20-5-2-6-21-43)27-16-31-55(57)59(46-37-35-41(36-38-46)45-34-33-40-17-7-8-22-44(40)39-45)54-30-13-11-24-49(54)52-28-15-29-53-50-25-12-14-32-56(50)60-58(52)53/h1-39H. The van der Waals surface area contributed by atoms with Crippen LogP contribution in [0.3, 0.4) is 0 Å². The van der Waals surface area contributed by atoms with Crippen molar-refractivity contribution in [2.24, 2.45) is 0 Å². The molecule has 0 saturated heterocycles. The molecule has 0 aliphatic carbocycles. The van der Waals surface area contributed by atoms with Crippen LogP contribution in [0.25, 0.3) is 86.6 Å². The van der Waals surface area contributed by atoms with Crippen LogP contribution < -0.4 is 4.90 Å². The molecule has 1 heterocycles. The van der Waals surface area contributed by atoms with Crippen molar-refractivity contribution in [2.75, 3.05) is 4.90 Å². The van der Waals surface area contributed by atoms with Crippen molar-refractivity contribution < 1.29 is 0 Å². The number of nitrogens with zero attached hydrogens (tertiary/aromatic N) is 1. The molecule has 2 heteroatoms. The molecule has 0 fully saturated rings. The molecule has 0 unspecified atom stereocenters. The maximum Gasteiger partial charge on any atom is 0.0546 e. The Morgan fingerprint density at radius 1 is 0.300 bits per heavy atom. The highest BCUT2D eigenvalue weighted by Crippen LogP contribution is 2.51. The average Bonchev–Trinajstić information content (AvgIpc) is 3.72. The van der Waals surface area contributed by atoms with Gasteiger partial charge in [0.1, 0.15) is 0 Å². The van der Waals surface area contributed by atoms with E-state index in [4.69, 9.17) is 0 Å². The van der Waals surface area contributed by atoms with Crippen LogP contribution in [0.5, 0.6) is 0 Å². The molecule has 1 nitrogen and oxygen atoms in total. The Kier molecular flexibility index (Phi) is 9.11. The van der Waals surface area contributed by atoms with Crippen LogP contribution in [-0.2, 0) is 0 Å². The second kappa shape index (κ2) is 15.3. The van der Waals surface area contributed by atoms with Gasteiger partial charge in [0.05, 0.1) is 11.4 Å². The molecule has 11 rings (SSSR count). The van der Waals surface area contributed by atoms with Gasteiger partial charge in [0.25, 0.3) is 0 Å². The van der Waals surface area contributed by atoms with E-state index in [-0.39, 0.29) is 0 Å². The molecular formula is C58H39NS. The molecular weight excluding hydrogens is 743 g/mol. The van der Waals surface area contributed by atoms with E-state index in [1.807, 2.05) is 11.3 Å². The van der Waals surface area contributed by atoms with E-state index >= 15 is 0 Å². The van der Waals surface area contributed by atoms with Gasteiger partial charge in [-0.05, 0) is 86.1 Å². The lowest BCUT2D eigenvalue weighted by Crippen LogP contribution is -2.13. The van der Waals surface area contributed by atoms with Gasteiger partial charge in [-0.15, -0.1) is 11.3 Å². The van der Waals surface area contributed by atoms with Crippen molar-refractivity contribution >= 4 is 59.3 Å². The lowest BCUT2D eigenvalue weighted by Gasteiger charge is -2.31. The van der Waals surface area contributed by atoms with Gasteiger partial charge < -0.3 is 4.90 Å². The molecule has 0 radical (unpaired) electrons. The molecule has 0 aliphatic rings. The molecule has 60 heavy (non-hydrogen) atoms. The number of hydrogen-bond acceptors (Lipinski definition) is 2. The van der Waals surface area contributed by atoms with Gasteiger partial charge in [-0.2, -0.15) is 0 Å². The second-order valence-corrected chi connectivity index (χ2v) is 16.3. The van der Waals surface area contributed by atoms with Crippen LogP contribution >= 0.6 is 11.3 Å². The van der Waals surface area contributed by atoms with E-state index in [0.29, 0.717) is 0 Å². The van der Waals surface area contributed by atoms with Gasteiger partial charge in [0.2, 0.25) is 0 Å². The van der Waals surface area contributed by atoms with Gasteiger partial charge in [-0.25, -0.2) is 0 Å². The molecule has 0 N–H and O–H groups in total. The summed E-state index contributed by atoms with van der Waals surface area (Å²) in [6.07, 6.45) is 0. The fourth-order valence-corrected chi connectivity index (χ4v) is 10.1. The normalized spacial score (nSPS) is 11.3. The summed E-state index contributed by atoms with van der Waals surface area (Å²) < 4.78 is 2.60. The van der Waals surface area contributed by atoms with Crippen molar-refractivity contribution in [1.29, 1.82) is 0 Å². The van der Waals surface area contributed by atoms with E-state index in [9.17, 15) is 0 Å². The Labute approximate surface area is 354 Å². The Morgan fingerprint density at radius 2 is 0.850 bits per heavy atom. The van der Waals surface area contributed by atoms with Crippen molar-refractivity contribution in [3.05, 3.63) is 237 Å². The van der Waals surface area contributed by atoms with Crippen molar-refractivity contribution in [1.82, 2.24) is 0 Å². The van der Waals surface area contributed by atoms with Crippen LogP contribution in [0.1, 0.15) is 0 Å². The highest BCUT2D eigenvalue weighted by Gasteiger charge is 2.25. The minimum atomic E-state index is 1.08. The summed E-state index contributed by atoms with van der Waals surface area (Å²) in [5.41, 5.74) is 15.2. The third kappa shape index (κ3) is 6.35. The Bertz CT molecular complexity index is 3310. The quantitative estimate of drug-likeness (QED) is 0.148. The third-order valence-corrected chi connectivity index (χ3v) is 12.9. The minimum absolute atomic E-state index is 1.08. The lowest BCUT2D eigenvalue weighted by molar-refractivity contribution is 1.28. The number of anilines is 3. The van der Waals surface area contributed by atoms with Crippen LogP contribution in [0.15, 0.2) is 237 Å². The summed E-state index contributed by atoms with van der Waals surface area (Å²) >= 11 is 1.88. The first-order valence-electron chi connectivity index (χ1n) is 20.5. The predicted octanol–water partition coefficient (Wildman–Crippen LogP) is 17.0. The Morgan fingerprint density at radius 3 is 1.65 bits per heavy atom. The number of fused-ring (bicyclic) bond motifs is 4. The first-order valence-corrected chi connectivity index (χ1v) is 21.3. The van der Waals surface area contributed by atoms with Crippen molar-refractivity contribution in [2.45, 2.75) is 0 Å². The number of rotatable bonds is 8. The first kappa shape index (κ1) is 35.6. The summed E-state index contributed by atoms with van der Waals surface area (Å²) in [7, 11) is 0. The van der Waals surface area contributed by atoms with Crippen molar-refractivity contribution in [3.8, 4) is 55.6 Å². The van der Waals surface area contributed by atoms with Crippen LogP contribution in [0.2, 0.25) is 0 Å².